The van der Waals surface area contributed by atoms with Crippen molar-refractivity contribution < 1.29 is 9.53 Å². The van der Waals surface area contributed by atoms with Crippen LogP contribution in [-0.2, 0) is 16.1 Å². The molecule has 1 heterocycles. The Labute approximate surface area is 135 Å². The van der Waals surface area contributed by atoms with Gasteiger partial charge in [0.1, 0.15) is 12.4 Å². The maximum atomic E-state index is 12.3. The molecule has 0 aliphatic carbocycles. The molecule has 0 amide bonds. The Morgan fingerprint density at radius 1 is 1.17 bits per heavy atom. The largest absolute Gasteiger partial charge is 0.460 e. The van der Waals surface area contributed by atoms with Crippen molar-refractivity contribution >= 4 is 16.9 Å². The summed E-state index contributed by atoms with van der Waals surface area (Å²) in [5, 5.41) is 0.927. The smallest absolute Gasteiger partial charge is 0.313 e. The van der Waals surface area contributed by atoms with Crippen molar-refractivity contribution in [3.05, 3.63) is 71.7 Å². The molecule has 0 fully saturated rings. The van der Waals surface area contributed by atoms with Crippen LogP contribution in [0.3, 0.4) is 0 Å². The first-order chi connectivity index (χ1) is 11.1. The van der Waals surface area contributed by atoms with E-state index in [4.69, 9.17) is 4.74 Å². The zero-order valence-electron chi connectivity index (χ0n) is 13.2. The Bertz CT molecular complexity index is 831. The van der Waals surface area contributed by atoms with Crippen LogP contribution in [0, 0.1) is 6.92 Å². The Hall–Kier alpha value is -2.75. The standard InChI is InChI=1S/C19H18N2O2/c1-13(19(22)23-12-15-6-4-3-5-7-15)16-8-9-18-17(10-16)11-20-14(2)21-18/h3-11,13H,12H2,1-2H3. The summed E-state index contributed by atoms with van der Waals surface area (Å²) in [6.07, 6.45) is 1.78. The van der Waals surface area contributed by atoms with Gasteiger partial charge in [0.25, 0.3) is 0 Å². The van der Waals surface area contributed by atoms with Gasteiger partial charge in [0.15, 0.2) is 0 Å². The molecule has 23 heavy (non-hydrogen) atoms. The molecule has 0 radical (unpaired) electrons. The molecule has 4 nitrogen and oxygen atoms in total. The van der Waals surface area contributed by atoms with Crippen LogP contribution in [0.2, 0.25) is 0 Å². The first-order valence-electron chi connectivity index (χ1n) is 7.57. The average molecular weight is 306 g/mol. The highest BCUT2D eigenvalue weighted by Crippen LogP contribution is 2.22. The average Bonchev–Trinajstić information content (AvgIpc) is 2.59. The predicted molar refractivity (Wildman–Crippen MR) is 88.9 cm³/mol. The van der Waals surface area contributed by atoms with E-state index < -0.39 is 0 Å². The molecule has 1 atom stereocenters. The summed E-state index contributed by atoms with van der Waals surface area (Å²) < 4.78 is 5.41. The second-order valence-electron chi connectivity index (χ2n) is 5.55. The quantitative estimate of drug-likeness (QED) is 0.688. The SMILES string of the molecule is Cc1ncc2cc(C(C)C(=O)OCc3ccccc3)ccc2n1. The van der Waals surface area contributed by atoms with Gasteiger partial charge < -0.3 is 4.74 Å². The number of ether oxygens (including phenoxy) is 1. The van der Waals surface area contributed by atoms with E-state index in [1.54, 1.807) is 6.20 Å². The van der Waals surface area contributed by atoms with Gasteiger partial charge in [-0.3, -0.25) is 4.79 Å². The molecule has 0 spiro atoms. The van der Waals surface area contributed by atoms with Gasteiger partial charge >= 0.3 is 5.97 Å². The van der Waals surface area contributed by atoms with Gasteiger partial charge in [0.2, 0.25) is 0 Å². The van der Waals surface area contributed by atoms with Crippen LogP contribution in [0.15, 0.2) is 54.7 Å². The number of aromatic nitrogens is 2. The molecule has 4 heteroatoms. The molecule has 3 rings (SSSR count). The maximum absolute atomic E-state index is 12.3. The number of aryl methyl sites for hydroxylation is 1. The van der Waals surface area contributed by atoms with Gasteiger partial charge in [0, 0.05) is 11.6 Å². The normalized spacial score (nSPS) is 12.1. The molecule has 0 N–H and O–H groups in total. The van der Waals surface area contributed by atoms with Crippen LogP contribution >= 0.6 is 0 Å². The molecular formula is C19H18N2O2. The Kier molecular flexibility index (Phi) is 4.33. The van der Waals surface area contributed by atoms with Crippen LogP contribution in [0.1, 0.15) is 29.8 Å². The van der Waals surface area contributed by atoms with Crippen molar-refractivity contribution in [3.8, 4) is 0 Å². The molecule has 1 unspecified atom stereocenters. The van der Waals surface area contributed by atoms with E-state index in [9.17, 15) is 4.79 Å². The van der Waals surface area contributed by atoms with Gasteiger partial charge in [0.05, 0.1) is 11.4 Å². The summed E-state index contributed by atoms with van der Waals surface area (Å²) in [4.78, 5) is 20.8. The predicted octanol–water partition coefficient (Wildman–Crippen LogP) is 3.79. The van der Waals surface area contributed by atoms with Crippen LogP contribution in [0.25, 0.3) is 10.9 Å². The van der Waals surface area contributed by atoms with E-state index in [0.29, 0.717) is 6.61 Å². The third-order valence-corrected chi connectivity index (χ3v) is 3.80. The molecule has 0 bridgehead atoms. The van der Waals surface area contributed by atoms with Crippen molar-refractivity contribution in [1.82, 2.24) is 9.97 Å². The first kappa shape index (κ1) is 15.2. The lowest BCUT2D eigenvalue weighted by Gasteiger charge is -2.12. The topological polar surface area (TPSA) is 52.1 Å². The minimum Gasteiger partial charge on any atom is -0.460 e. The highest BCUT2D eigenvalue weighted by Gasteiger charge is 2.17. The van der Waals surface area contributed by atoms with Crippen LogP contribution in [-0.4, -0.2) is 15.9 Å². The Balaban J connectivity index is 1.72. The number of carbonyl (C=O) groups excluding carboxylic acids is 1. The molecule has 0 aliphatic rings. The van der Waals surface area contributed by atoms with E-state index in [-0.39, 0.29) is 11.9 Å². The lowest BCUT2D eigenvalue weighted by atomic mass is 10.00. The van der Waals surface area contributed by atoms with Crippen LogP contribution in [0.5, 0.6) is 0 Å². The number of nitrogens with zero attached hydrogens (tertiary/aromatic N) is 2. The third-order valence-electron chi connectivity index (χ3n) is 3.80. The van der Waals surface area contributed by atoms with E-state index in [2.05, 4.69) is 9.97 Å². The molecule has 3 aromatic rings. The first-order valence-corrected chi connectivity index (χ1v) is 7.57. The molecule has 116 valence electrons. The summed E-state index contributed by atoms with van der Waals surface area (Å²) in [7, 11) is 0. The highest BCUT2D eigenvalue weighted by molar-refractivity contribution is 5.83. The number of carbonyl (C=O) groups is 1. The number of fused-ring (bicyclic) bond motifs is 1. The van der Waals surface area contributed by atoms with E-state index in [1.807, 2.05) is 62.4 Å². The Morgan fingerprint density at radius 3 is 2.74 bits per heavy atom. The third kappa shape index (κ3) is 3.54. The van der Waals surface area contributed by atoms with Crippen molar-refractivity contribution in [2.45, 2.75) is 26.4 Å². The van der Waals surface area contributed by atoms with E-state index in [1.165, 1.54) is 0 Å². The van der Waals surface area contributed by atoms with Gasteiger partial charge in [-0.05, 0) is 37.1 Å². The number of esters is 1. The van der Waals surface area contributed by atoms with Crippen LogP contribution < -0.4 is 0 Å². The second kappa shape index (κ2) is 6.57. The summed E-state index contributed by atoms with van der Waals surface area (Å²) in [5.41, 5.74) is 2.77. The van der Waals surface area contributed by atoms with E-state index in [0.717, 1.165) is 27.9 Å². The molecule has 2 aromatic carbocycles. The van der Waals surface area contributed by atoms with Gasteiger partial charge in [-0.2, -0.15) is 0 Å². The molecule has 1 aromatic heterocycles. The van der Waals surface area contributed by atoms with Gasteiger partial charge in [-0.15, -0.1) is 0 Å². The van der Waals surface area contributed by atoms with Crippen molar-refractivity contribution in [3.63, 3.8) is 0 Å². The van der Waals surface area contributed by atoms with Gasteiger partial charge in [-0.25, -0.2) is 9.97 Å². The minimum atomic E-state index is -0.329. The lowest BCUT2D eigenvalue weighted by molar-refractivity contribution is -0.146. The minimum absolute atomic E-state index is 0.235. The molecule has 0 saturated heterocycles. The number of hydrogen-bond donors (Lipinski definition) is 0. The summed E-state index contributed by atoms with van der Waals surface area (Å²) in [6, 6.07) is 15.5. The number of benzene rings is 2. The molecule has 0 aliphatic heterocycles. The molecule has 0 saturated carbocycles. The van der Waals surface area contributed by atoms with Crippen molar-refractivity contribution in [1.29, 1.82) is 0 Å². The monoisotopic (exact) mass is 306 g/mol. The summed E-state index contributed by atoms with van der Waals surface area (Å²) in [6.45, 7) is 4.00. The lowest BCUT2D eigenvalue weighted by Crippen LogP contribution is -2.13. The van der Waals surface area contributed by atoms with Crippen molar-refractivity contribution in [2.75, 3.05) is 0 Å². The zero-order valence-corrected chi connectivity index (χ0v) is 13.2. The fourth-order valence-corrected chi connectivity index (χ4v) is 2.40. The fraction of sp³-hybridized carbons (Fsp3) is 0.211. The van der Waals surface area contributed by atoms with Crippen molar-refractivity contribution in [2.24, 2.45) is 0 Å². The highest BCUT2D eigenvalue weighted by atomic mass is 16.5. The second-order valence-corrected chi connectivity index (χ2v) is 5.55. The Morgan fingerprint density at radius 2 is 1.96 bits per heavy atom. The summed E-state index contributed by atoms with van der Waals surface area (Å²) in [5.74, 6) is 0.172. The van der Waals surface area contributed by atoms with Gasteiger partial charge in [-0.1, -0.05) is 36.4 Å². The zero-order chi connectivity index (χ0) is 16.2. The summed E-state index contributed by atoms with van der Waals surface area (Å²) >= 11 is 0. The van der Waals surface area contributed by atoms with Crippen LogP contribution in [0.4, 0.5) is 0 Å². The fourth-order valence-electron chi connectivity index (χ4n) is 2.40. The number of hydrogen-bond acceptors (Lipinski definition) is 4. The van der Waals surface area contributed by atoms with E-state index >= 15 is 0 Å². The maximum Gasteiger partial charge on any atom is 0.313 e. The number of rotatable bonds is 4. The molecular weight excluding hydrogens is 288 g/mol.